The monoisotopic (exact) mass is 464 g/mol. The van der Waals surface area contributed by atoms with E-state index < -0.39 is 5.97 Å². The van der Waals surface area contributed by atoms with E-state index in [1.54, 1.807) is 34.9 Å². The molecule has 0 aliphatic carbocycles. The number of aromatic carboxylic acids is 1. The summed E-state index contributed by atoms with van der Waals surface area (Å²) in [5, 5.41) is 9.70. The smallest absolute Gasteiger partial charge is 0.335 e. The van der Waals surface area contributed by atoms with Gasteiger partial charge in [0.2, 0.25) is 0 Å². The Morgan fingerprint density at radius 1 is 1.16 bits per heavy atom. The van der Waals surface area contributed by atoms with E-state index >= 15 is 0 Å². The Morgan fingerprint density at radius 3 is 2.58 bits per heavy atom. The van der Waals surface area contributed by atoms with Crippen molar-refractivity contribution < 1.29 is 9.90 Å². The molecule has 1 aromatic carbocycles. The number of likely N-dealkylation sites (tertiary alicyclic amines) is 1. The van der Waals surface area contributed by atoms with Crippen molar-refractivity contribution in [3.63, 3.8) is 0 Å². The molecule has 1 saturated heterocycles. The zero-order chi connectivity index (χ0) is 22.4. The van der Waals surface area contributed by atoms with Crippen LogP contribution in [0.5, 0.6) is 0 Å². The first kappa shape index (κ1) is 23.8. The molecule has 0 saturated carbocycles. The highest BCUT2D eigenvalue weighted by Crippen LogP contribution is 2.27. The highest BCUT2D eigenvalue weighted by Gasteiger charge is 2.26. The second-order valence-electron chi connectivity index (χ2n) is 8.26. The SMILES string of the molecule is CCCCCC1CCCN1Cc1c(Cl)cc(Cl)c(=O)n1CCc1ccc(C(=O)O)cc1. The second kappa shape index (κ2) is 11.2. The average molecular weight is 465 g/mol. The second-order valence-corrected chi connectivity index (χ2v) is 9.07. The lowest BCUT2D eigenvalue weighted by atomic mass is 10.1. The zero-order valence-corrected chi connectivity index (χ0v) is 19.5. The first-order valence-electron chi connectivity index (χ1n) is 11.0. The number of carboxylic acid groups (broad SMARTS) is 1. The molecular formula is C24H30Cl2N2O3. The van der Waals surface area contributed by atoms with Crippen molar-refractivity contribution in [2.75, 3.05) is 6.54 Å². The zero-order valence-electron chi connectivity index (χ0n) is 17.9. The largest absolute Gasteiger partial charge is 0.478 e. The number of aryl methyl sites for hydroxylation is 1. The predicted octanol–water partition coefficient (Wildman–Crippen LogP) is 5.64. The van der Waals surface area contributed by atoms with E-state index in [4.69, 9.17) is 28.3 Å². The van der Waals surface area contributed by atoms with Crippen molar-refractivity contribution in [3.05, 3.63) is 67.6 Å². The van der Waals surface area contributed by atoms with E-state index in [1.807, 2.05) is 0 Å². The third kappa shape index (κ3) is 6.12. The number of carboxylic acids is 1. The molecular weight excluding hydrogens is 435 g/mol. The Labute approximate surface area is 193 Å². The fraction of sp³-hybridized carbons (Fsp3) is 0.500. The van der Waals surface area contributed by atoms with Crippen LogP contribution in [0.3, 0.4) is 0 Å². The van der Waals surface area contributed by atoms with Crippen molar-refractivity contribution in [3.8, 4) is 0 Å². The minimum absolute atomic E-state index is 0.121. The van der Waals surface area contributed by atoms with Gasteiger partial charge in [-0.25, -0.2) is 4.79 Å². The molecule has 2 heterocycles. The molecule has 1 unspecified atom stereocenters. The third-order valence-corrected chi connectivity index (χ3v) is 6.72. The van der Waals surface area contributed by atoms with Crippen LogP contribution in [-0.2, 0) is 19.5 Å². The van der Waals surface area contributed by atoms with E-state index in [9.17, 15) is 9.59 Å². The summed E-state index contributed by atoms with van der Waals surface area (Å²) < 4.78 is 1.69. The van der Waals surface area contributed by atoms with Gasteiger partial charge >= 0.3 is 5.97 Å². The molecule has 1 aliphatic heterocycles. The summed E-state index contributed by atoms with van der Waals surface area (Å²) in [4.78, 5) is 26.3. The lowest BCUT2D eigenvalue weighted by Gasteiger charge is -2.26. The minimum Gasteiger partial charge on any atom is -0.478 e. The topological polar surface area (TPSA) is 62.5 Å². The summed E-state index contributed by atoms with van der Waals surface area (Å²) >= 11 is 12.7. The van der Waals surface area contributed by atoms with Gasteiger partial charge in [-0.1, -0.05) is 61.5 Å². The Bertz CT molecular complexity index is 957. The highest BCUT2D eigenvalue weighted by atomic mass is 35.5. The highest BCUT2D eigenvalue weighted by molar-refractivity contribution is 6.34. The maximum absolute atomic E-state index is 12.8. The standard InChI is InChI=1S/C24H30Cl2N2O3/c1-2-3-4-6-19-7-5-13-27(19)16-22-20(25)15-21(26)23(29)28(22)14-12-17-8-10-18(11-9-17)24(30)31/h8-11,15,19H,2-7,12-14,16H2,1H3,(H,30,31). The number of benzene rings is 1. The quantitative estimate of drug-likeness (QED) is 0.462. The fourth-order valence-corrected chi connectivity index (χ4v) is 4.88. The van der Waals surface area contributed by atoms with E-state index in [0.717, 1.165) is 17.8 Å². The van der Waals surface area contributed by atoms with Crippen molar-refractivity contribution in [2.24, 2.45) is 0 Å². The Balaban J connectivity index is 1.78. The van der Waals surface area contributed by atoms with Crippen LogP contribution in [0.15, 0.2) is 35.1 Å². The van der Waals surface area contributed by atoms with Gasteiger partial charge in [0.25, 0.3) is 5.56 Å². The van der Waals surface area contributed by atoms with Gasteiger partial charge in [0.15, 0.2) is 0 Å². The molecule has 7 heteroatoms. The summed E-state index contributed by atoms with van der Waals surface area (Å²) in [5.41, 5.74) is 1.78. The number of rotatable bonds is 10. The van der Waals surface area contributed by atoms with Gasteiger partial charge in [-0.15, -0.1) is 0 Å². The van der Waals surface area contributed by atoms with Gasteiger partial charge in [-0.2, -0.15) is 0 Å². The lowest BCUT2D eigenvalue weighted by Crippen LogP contribution is -2.33. The maximum atomic E-state index is 12.8. The molecule has 5 nitrogen and oxygen atoms in total. The van der Waals surface area contributed by atoms with Gasteiger partial charge in [-0.3, -0.25) is 9.69 Å². The van der Waals surface area contributed by atoms with Gasteiger partial charge in [0.1, 0.15) is 5.02 Å². The van der Waals surface area contributed by atoms with Crippen LogP contribution < -0.4 is 5.56 Å². The lowest BCUT2D eigenvalue weighted by molar-refractivity contribution is 0.0697. The van der Waals surface area contributed by atoms with Crippen LogP contribution in [0, 0.1) is 0 Å². The average Bonchev–Trinajstić information content (AvgIpc) is 3.19. The van der Waals surface area contributed by atoms with E-state index in [1.165, 1.54) is 38.5 Å². The Morgan fingerprint density at radius 2 is 1.90 bits per heavy atom. The molecule has 31 heavy (non-hydrogen) atoms. The van der Waals surface area contributed by atoms with E-state index in [2.05, 4.69) is 11.8 Å². The Kier molecular flexibility index (Phi) is 8.58. The molecule has 2 aromatic rings. The van der Waals surface area contributed by atoms with Gasteiger partial charge in [0.05, 0.1) is 16.3 Å². The van der Waals surface area contributed by atoms with Crippen LogP contribution in [0.25, 0.3) is 0 Å². The maximum Gasteiger partial charge on any atom is 0.335 e. The summed E-state index contributed by atoms with van der Waals surface area (Å²) in [6, 6.07) is 8.82. The molecule has 0 bridgehead atoms. The minimum atomic E-state index is -0.953. The Hall–Kier alpha value is -1.82. The number of unbranched alkanes of at least 4 members (excludes halogenated alkanes) is 2. The number of aromatic nitrogens is 1. The first-order chi connectivity index (χ1) is 14.9. The van der Waals surface area contributed by atoms with Gasteiger partial charge < -0.3 is 9.67 Å². The molecule has 0 radical (unpaired) electrons. The summed E-state index contributed by atoms with van der Waals surface area (Å²) in [6.07, 6.45) is 7.81. The molecule has 1 fully saturated rings. The molecule has 0 amide bonds. The molecule has 168 valence electrons. The van der Waals surface area contributed by atoms with Crippen LogP contribution in [0.4, 0.5) is 0 Å². The molecule has 1 aromatic heterocycles. The van der Waals surface area contributed by atoms with Gasteiger partial charge in [-0.05, 0) is 56.0 Å². The van der Waals surface area contributed by atoms with Crippen molar-refractivity contribution >= 4 is 29.2 Å². The number of hydrogen-bond donors (Lipinski definition) is 1. The van der Waals surface area contributed by atoms with Crippen LogP contribution in [-0.4, -0.2) is 33.1 Å². The van der Waals surface area contributed by atoms with Crippen LogP contribution in [0.2, 0.25) is 10.0 Å². The summed E-state index contributed by atoms with van der Waals surface area (Å²) in [6.45, 7) is 4.31. The van der Waals surface area contributed by atoms with Crippen LogP contribution >= 0.6 is 23.2 Å². The number of halogens is 2. The van der Waals surface area contributed by atoms with E-state index in [-0.39, 0.29) is 16.1 Å². The van der Waals surface area contributed by atoms with Gasteiger partial charge in [0, 0.05) is 19.1 Å². The third-order valence-electron chi connectivity index (χ3n) is 6.12. The summed E-state index contributed by atoms with van der Waals surface area (Å²) in [5.74, 6) is -0.953. The van der Waals surface area contributed by atoms with Crippen molar-refractivity contribution in [1.29, 1.82) is 0 Å². The normalized spacial score (nSPS) is 16.7. The van der Waals surface area contributed by atoms with E-state index in [0.29, 0.717) is 30.6 Å². The first-order valence-corrected chi connectivity index (χ1v) is 11.8. The van der Waals surface area contributed by atoms with Crippen molar-refractivity contribution in [1.82, 2.24) is 9.47 Å². The number of pyridine rings is 1. The molecule has 0 spiro atoms. The van der Waals surface area contributed by atoms with Crippen LogP contribution in [0.1, 0.15) is 67.1 Å². The fourth-order valence-electron chi connectivity index (χ4n) is 4.34. The molecule has 1 aliphatic rings. The number of carbonyl (C=O) groups is 1. The number of nitrogens with zero attached hydrogens (tertiary/aromatic N) is 2. The van der Waals surface area contributed by atoms with Crippen molar-refractivity contribution in [2.45, 2.75) is 71.0 Å². The molecule has 3 rings (SSSR count). The predicted molar refractivity (Wildman–Crippen MR) is 125 cm³/mol. The number of hydrogen-bond acceptors (Lipinski definition) is 3. The molecule has 1 N–H and O–H groups in total. The molecule has 1 atom stereocenters. The summed E-state index contributed by atoms with van der Waals surface area (Å²) in [7, 11) is 0.